The van der Waals surface area contributed by atoms with Crippen molar-refractivity contribution in [2.24, 2.45) is 0 Å². The molecule has 128 valence electrons. The van der Waals surface area contributed by atoms with Crippen molar-refractivity contribution in [2.75, 3.05) is 0 Å². The van der Waals surface area contributed by atoms with E-state index in [9.17, 15) is 9.18 Å². The lowest BCUT2D eigenvalue weighted by Crippen LogP contribution is -2.27. The molecular weight excluding hydrogens is 323 g/mol. The first kappa shape index (κ1) is 16.8. The Labute approximate surface area is 144 Å². The molecule has 2 aromatic heterocycles. The molecular formula is C18H17FN4O2. The molecule has 3 rings (SSSR count). The highest BCUT2D eigenvalue weighted by Gasteiger charge is 2.17. The summed E-state index contributed by atoms with van der Waals surface area (Å²) in [6, 6.07) is 11.1. The molecule has 2 heterocycles. The van der Waals surface area contributed by atoms with Crippen LogP contribution in [0.4, 0.5) is 4.39 Å². The van der Waals surface area contributed by atoms with Crippen molar-refractivity contribution in [3.63, 3.8) is 0 Å². The van der Waals surface area contributed by atoms with Gasteiger partial charge in [-0.1, -0.05) is 23.4 Å². The van der Waals surface area contributed by atoms with Gasteiger partial charge in [-0.3, -0.25) is 9.78 Å². The molecule has 0 bridgehead atoms. The number of aromatic nitrogens is 3. The number of hydrogen-bond acceptors (Lipinski definition) is 5. The summed E-state index contributed by atoms with van der Waals surface area (Å²) in [4.78, 5) is 20.4. The van der Waals surface area contributed by atoms with E-state index in [4.69, 9.17) is 4.52 Å². The first-order valence-corrected chi connectivity index (χ1v) is 7.90. The van der Waals surface area contributed by atoms with E-state index in [1.54, 1.807) is 25.3 Å². The zero-order valence-corrected chi connectivity index (χ0v) is 13.6. The van der Waals surface area contributed by atoms with Crippen molar-refractivity contribution >= 4 is 5.91 Å². The van der Waals surface area contributed by atoms with Crippen LogP contribution in [0.15, 0.2) is 53.2 Å². The lowest BCUT2D eigenvalue weighted by atomic mass is 10.2. The maximum Gasteiger partial charge on any atom is 0.249 e. The molecule has 0 saturated carbocycles. The van der Waals surface area contributed by atoms with Gasteiger partial charge in [0.1, 0.15) is 11.9 Å². The second kappa shape index (κ2) is 7.65. The molecule has 1 amide bonds. The Morgan fingerprint density at radius 2 is 2.16 bits per heavy atom. The molecule has 3 aromatic rings. The Morgan fingerprint density at radius 3 is 2.92 bits per heavy atom. The minimum atomic E-state index is -0.439. The molecule has 1 N–H and O–H groups in total. The molecule has 0 spiro atoms. The van der Waals surface area contributed by atoms with Crippen LogP contribution in [-0.4, -0.2) is 21.0 Å². The molecule has 0 unspecified atom stereocenters. The second-order valence-electron chi connectivity index (χ2n) is 5.58. The van der Waals surface area contributed by atoms with Gasteiger partial charge in [0.2, 0.25) is 17.6 Å². The normalized spacial score (nSPS) is 11.9. The standard InChI is InChI=1S/C18H17FN4O2/c1-12(21-16(24)9-8-15-7-2-3-10-20-15)18-22-17(23-25-18)13-5-4-6-14(19)11-13/h2-7,10-12H,8-9H2,1H3,(H,21,24)/t12-/m0/s1. The molecule has 0 radical (unpaired) electrons. The van der Waals surface area contributed by atoms with Gasteiger partial charge in [0.05, 0.1) is 0 Å². The van der Waals surface area contributed by atoms with E-state index in [2.05, 4.69) is 20.4 Å². The lowest BCUT2D eigenvalue weighted by molar-refractivity contribution is -0.121. The zero-order chi connectivity index (χ0) is 17.6. The van der Waals surface area contributed by atoms with E-state index in [-0.39, 0.29) is 23.4 Å². The Kier molecular flexibility index (Phi) is 5.13. The smallest absolute Gasteiger partial charge is 0.249 e. The fourth-order valence-electron chi connectivity index (χ4n) is 2.32. The number of nitrogens with zero attached hydrogens (tertiary/aromatic N) is 3. The fraction of sp³-hybridized carbons (Fsp3) is 0.222. The molecule has 0 aliphatic heterocycles. The highest BCUT2D eigenvalue weighted by atomic mass is 19.1. The number of carbonyl (C=O) groups is 1. The number of halogens is 1. The number of amides is 1. The highest BCUT2D eigenvalue weighted by Crippen LogP contribution is 2.19. The summed E-state index contributed by atoms with van der Waals surface area (Å²) in [5.74, 6) is 0.0397. The number of carbonyl (C=O) groups excluding carboxylic acids is 1. The van der Waals surface area contributed by atoms with Crippen LogP contribution >= 0.6 is 0 Å². The highest BCUT2D eigenvalue weighted by molar-refractivity contribution is 5.76. The van der Waals surface area contributed by atoms with Crippen LogP contribution in [0.5, 0.6) is 0 Å². The van der Waals surface area contributed by atoms with E-state index in [0.717, 1.165) is 5.69 Å². The number of nitrogens with one attached hydrogen (secondary N) is 1. The third kappa shape index (κ3) is 4.47. The van der Waals surface area contributed by atoms with Crippen LogP contribution in [0, 0.1) is 5.82 Å². The van der Waals surface area contributed by atoms with Gasteiger partial charge in [-0.15, -0.1) is 0 Å². The van der Waals surface area contributed by atoms with E-state index in [0.29, 0.717) is 18.4 Å². The molecule has 0 aliphatic rings. The average molecular weight is 340 g/mol. The third-order valence-electron chi connectivity index (χ3n) is 3.61. The summed E-state index contributed by atoms with van der Waals surface area (Å²) in [5, 5.41) is 6.64. The fourth-order valence-corrected chi connectivity index (χ4v) is 2.32. The summed E-state index contributed by atoms with van der Waals surface area (Å²) < 4.78 is 18.4. The summed E-state index contributed by atoms with van der Waals surface area (Å²) >= 11 is 0. The van der Waals surface area contributed by atoms with Crippen molar-refractivity contribution in [2.45, 2.75) is 25.8 Å². The maximum atomic E-state index is 13.3. The molecule has 0 saturated heterocycles. The topological polar surface area (TPSA) is 80.9 Å². The number of aryl methyl sites for hydroxylation is 1. The predicted molar refractivity (Wildman–Crippen MR) is 88.8 cm³/mol. The quantitative estimate of drug-likeness (QED) is 0.746. The molecule has 0 fully saturated rings. The summed E-state index contributed by atoms with van der Waals surface area (Å²) in [5.41, 5.74) is 1.38. The van der Waals surface area contributed by atoms with Gasteiger partial charge in [-0.05, 0) is 37.6 Å². The Morgan fingerprint density at radius 1 is 1.28 bits per heavy atom. The van der Waals surface area contributed by atoms with Crippen LogP contribution in [0.1, 0.15) is 31.0 Å². The number of hydrogen-bond donors (Lipinski definition) is 1. The number of benzene rings is 1. The number of pyridine rings is 1. The largest absolute Gasteiger partial charge is 0.345 e. The zero-order valence-electron chi connectivity index (χ0n) is 13.6. The van der Waals surface area contributed by atoms with Gasteiger partial charge < -0.3 is 9.84 Å². The lowest BCUT2D eigenvalue weighted by Gasteiger charge is -2.09. The number of rotatable bonds is 6. The van der Waals surface area contributed by atoms with E-state index in [1.165, 1.54) is 12.1 Å². The van der Waals surface area contributed by atoms with Gasteiger partial charge in [-0.2, -0.15) is 4.98 Å². The molecule has 7 heteroatoms. The van der Waals surface area contributed by atoms with E-state index < -0.39 is 6.04 Å². The van der Waals surface area contributed by atoms with Crippen molar-refractivity contribution in [3.8, 4) is 11.4 Å². The van der Waals surface area contributed by atoms with E-state index >= 15 is 0 Å². The van der Waals surface area contributed by atoms with Crippen molar-refractivity contribution in [1.29, 1.82) is 0 Å². The van der Waals surface area contributed by atoms with Crippen molar-refractivity contribution in [1.82, 2.24) is 20.4 Å². The minimum Gasteiger partial charge on any atom is -0.345 e. The Hall–Kier alpha value is -3.09. The van der Waals surface area contributed by atoms with Crippen LogP contribution < -0.4 is 5.32 Å². The molecule has 25 heavy (non-hydrogen) atoms. The van der Waals surface area contributed by atoms with Crippen LogP contribution in [0.2, 0.25) is 0 Å². The van der Waals surface area contributed by atoms with Crippen molar-refractivity contribution in [3.05, 3.63) is 66.1 Å². The second-order valence-corrected chi connectivity index (χ2v) is 5.58. The van der Waals surface area contributed by atoms with Gasteiger partial charge in [-0.25, -0.2) is 4.39 Å². The molecule has 6 nitrogen and oxygen atoms in total. The first-order chi connectivity index (χ1) is 12.1. The third-order valence-corrected chi connectivity index (χ3v) is 3.61. The monoisotopic (exact) mass is 340 g/mol. The summed E-state index contributed by atoms with van der Waals surface area (Å²) in [6.07, 6.45) is 2.56. The average Bonchev–Trinajstić information content (AvgIpc) is 3.11. The maximum absolute atomic E-state index is 13.3. The van der Waals surface area contributed by atoms with Crippen LogP contribution in [0.3, 0.4) is 0 Å². The molecule has 1 atom stereocenters. The summed E-state index contributed by atoms with van der Waals surface area (Å²) in [7, 11) is 0. The van der Waals surface area contributed by atoms with Crippen molar-refractivity contribution < 1.29 is 13.7 Å². The minimum absolute atomic E-state index is 0.136. The predicted octanol–water partition coefficient (Wildman–Crippen LogP) is 3.08. The molecule has 1 aromatic carbocycles. The van der Waals surface area contributed by atoms with Crippen LogP contribution in [0.25, 0.3) is 11.4 Å². The van der Waals surface area contributed by atoms with Gasteiger partial charge >= 0.3 is 0 Å². The van der Waals surface area contributed by atoms with Crippen LogP contribution in [-0.2, 0) is 11.2 Å². The van der Waals surface area contributed by atoms with Gasteiger partial charge in [0.15, 0.2) is 0 Å². The summed E-state index contributed by atoms with van der Waals surface area (Å²) in [6.45, 7) is 1.75. The first-order valence-electron chi connectivity index (χ1n) is 7.90. The Balaban J connectivity index is 1.58. The molecule has 0 aliphatic carbocycles. The van der Waals surface area contributed by atoms with Gasteiger partial charge in [0.25, 0.3) is 0 Å². The Bertz CT molecular complexity index is 851. The SMILES string of the molecule is C[C@H](NC(=O)CCc1ccccn1)c1nc(-c2cccc(F)c2)no1. The van der Waals surface area contributed by atoms with E-state index in [1.807, 2.05) is 18.2 Å². The van der Waals surface area contributed by atoms with Gasteiger partial charge in [0, 0.05) is 23.9 Å².